The van der Waals surface area contributed by atoms with Crippen LogP contribution in [0.5, 0.6) is 0 Å². The summed E-state index contributed by atoms with van der Waals surface area (Å²) in [5, 5.41) is 9.46. The molecular formula is C13H22N2O. The van der Waals surface area contributed by atoms with E-state index in [9.17, 15) is 5.11 Å². The fourth-order valence-electron chi connectivity index (χ4n) is 1.93. The lowest BCUT2D eigenvalue weighted by Gasteiger charge is -2.17. The normalized spacial score (nSPS) is 23.8. The lowest BCUT2D eigenvalue weighted by atomic mass is 10.1. The first-order valence-electron chi connectivity index (χ1n) is 5.85. The number of aliphatic hydroxyl groups excluding tert-OH is 1. The highest BCUT2D eigenvalue weighted by molar-refractivity contribution is 5.32. The predicted octanol–water partition coefficient (Wildman–Crippen LogP) is 1.42. The highest BCUT2D eigenvalue weighted by Gasteiger charge is 2.20. The van der Waals surface area contributed by atoms with Gasteiger partial charge in [-0.3, -0.25) is 4.90 Å². The zero-order valence-electron chi connectivity index (χ0n) is 10.0. The van der Waals surface area contributed by atoms with E-state index in [0.717, 1.165) is 43.7 Å². The molecule has 0 radical (unpaired) electrons. The van der Waals surface area contributed by atoms with Crippen LogP contribution in [0.3, 0.4) is 0 Å². The van der Waals surface area contributed by atoms with Crippen molar-refractivity contribution in [3.05, 3.63) is 36.1 Å². The standard InChI is InChI=1S/C13H22N2O/c1-3-5-11(13(14)6-4-2)9-15-8-7-12(16)10-15/h3,5-6,12,16H,1,4,7-10,14H2,2H3/b11-5-,13-6+. The van der Waals surface area contributed by atoms with Crippen LogP contribution in [0.15, 0.2) is 36.1 Å². The summed E-state index contributed by atoms with van der Waals surface area (Å²) in [5.74, 6) is 0. The van der Waals surface area contributed by atoms with Gasteiger partial charge in [-0.2, -0.15) is 0 Å². The number of nitrogens with two attached hydrogens (primary N) is 1. The van der Waals surface area contributed by atoms with Crippen molar-refractivity contribution in [3.8, 4) is 0 Å². The molecule has 3 N–H and O–H groups in total. The minimum Gasteiger partial charge on any atom is -0.399 e. The van der Waals surface area contributed by atoms with E-state index in [4.69, 9.17) is 5.73 Å². The van der Waals surface area contributed by atoms with E-state index in [0.29, 0.717) is 0 Å². The van der Waals surface area contributed by atoms with Gasteiger partial charge in [0.05, 0.1) is 6.10 Å². The molecule has 0 saturated carbocycles. The Morgan fingerprint density at radius 3 is 2.88 bits per heavy atom. The van der Waals surface area contributed by atoms with Gasteiger partial charge < -0.3 is 10.8 Å². The average molecular weight is 222 g/mol. The zero-order chi connectivity index (χ0) is 12.0. The molecule has 1 saturated heterocycles. The molecule has 16 heavy (non-hydrogen) atoms. The van der Waals surface area contributed by atoms with Crippen LogP contribution >= 0.6 is 0 Å². The smallest absolute Gasteiger partial charge is 0.0679 e. The second-order valence-corrected chi connectivity index (χ2v) is 4.17. The number of rotatable bonds is 5. The Morgan fingerprint density at radius 2 is 2.38 bits per heavy atom. The van der Waals surface area contributed by atoms with Gasteiger partial charge in [0.15, 0.2) is 0 Å². The van der Waals surface area contributed by atoms with Crippen LogP contribution < -0.4 is 5.73 Å². The Balaban J connectivity index is 2.62. The Bertz CT molecular complexity index is 294. The van der Waals surface area contributed by atoms with Gasteiger partial charge in [0.1, 0.15) is 0 Å². The highest BCUT2D eigenvalue weighted by atomic mass is 16.3. The van der Waals surface area contributed by atoms with Gasteiger partial charge in [-0.05, 0) is 18.4 Å². The molecule has 0 aromatic rings. The molecule has 0 bridgehead atoms. The van der Waals surface area contributed by atoms with Gasteiger partial charge in [-0.25, -0.2) is 0 Å². The van der Waals surface area contributed by atoms with Crippen LogP contribution in [-0.4, -0.2) is 35.7 Å². The molecule has 3 nitrogen and oxygen atoms in total. The topological polar surface area (TPSA) is 49.5 Å². The van der Waals surface area contributed by atoms with Gasteiger partial charge in [-0.15, -0.1) is 0 Å². The number of hydrogen-bond acceptors (Lipinski definition) is 3. The molecule has 0 aromatic heterocycles. The third-order valence-corrected chi connectivity index (χ3v) is 2.76. The fraction of sp³-hybridized carbons (Fsp3) is 0.538. The minimum atomic E-state index is -0.179. The predicted molar refractivity (Wildman–Crippen MR) is 67.9 cm³/mol. The molecule has 1 fully saturated rings. The van der Waals surface area contributed by atoms with Crippen LogP contribution in [0.25, 0.3) is 0 Å². The average Bonchev–Trinajstić information content (AvgIpc) is 2.64. The highest BCUT2D eigenvalue weighted by Crippen LogP contribution is 2.14. The lowest BCUT2D eigenvalue weighted by molar-refractivity contribution is 0.179. The van der Waals surface area contributed by atoms with Crippen molar-refractivity contribution in [2.75, 3.05) is 19.6 Å². The summed E-state index contributed by atoms with van der Waals surface area (Å²) in [6, 6.07) is 0. The van der Waals surface area contributed by atoms with Crippen LogP contribution in [0.2, 0.25) is 0 Å². The summed E-state index contributed by atoms with van der Waals surface area (Å²) in [5.41, 5.74) is 7.89. The number of allylic oxidation sites excluding steroid dienone is 3. The van der Waals surface area contributed by atoms with E-state index in [2.05, 4.69) is 18.4 Å². The van der Waals surface area contributed by atoms with E-state index >= 15 is 0 Å². The molecule has 1 rings (SSSR count). The van der Waals surface area contributed by atoms with Crippen LogP contribution in [0, 0.1) is 0 Å². The Morgan fingerprint density at radius 1 is 1.62 bits per heavy atom. The van der Waals surface area contributed by atoms with Crippen LogP contribution in [0.4, 0.5) is 0 Å². The third kappa shape index (κ3) is 3.83. The van der Waals surface area contributed by atoms with Gasteiger partial charge in [0.25, 0.3) is 0 Å². The van der Waals surface area contributed by atoms with Gasteiger partial charge in [0, 0.05) is 25.3 Å². The maximum Gasteiger partial charge on any atom is 0.0679 e. The van der Waals surface area contributed by atoms with E-state index in [1.807, 2.05) is 12.2 Å². The van der Waals surface area contributed by atoms with Crippen molar-refractivity contribution in [3.63, 3.8) is 0 Å². The van der Waals surface area contributed by atoms with E-state index in [1.54, 1.807) is 6.08 Å². The molecule has 1 aliphatic rings. The summed E-state index contributed by atoms with van der Waals surface area (Å²) in [6.07, 6.45) is 7.34. The summed E-state index contributed by atoms with van der Waals surface area (Å²) >= 11 is 0. The van der Waals surface area contributed by atoms with Crippen molar-refractivity contribution >= 4 is 0 Å². The maximum atomic E-state index is 9.46. The maximum absolute atomic E-state index is 9.46. The van der Waals surface area contributed by atoms with Crippen LogP contribution in [-0.2, 0) is 0 Å². The molecule has 1 heterocycles. The second-order valence-electron chi connectivity index (χ2n) is 4.17. The third-order valence-electron chi connectivity index (χ3n) is 2.76. The van der Waals surface area contributed by atoms with Crippen molar-refractivity contribution in [1.82, 2.24) is 4.90 Å². The monoisotopic (exact) mass is 222 g/mol. The molecule has 1 unspecified atom stereocenters. The number of nitrogens with zero attached hydrogens (tertiary/aromatic N) is 1. The van der Waals surface area contributed by atoms with Gasteiger partial charge in [0.2, 0.25) is 0 Å². The van der Waals surface area contributed by atoms with E-state index in [1.165, 1.54) is 0 Å². The largest absolute Gasteiger partial charge is 0.399 e. The SMILES string of the molecule is C=C/C=C(CN1CCC(O)C1)\C(N)=C/CC. The molecule has 1 aliphatic heterocycles. The minimum absolute atomic E-state index is 0.179. The summed E-state index contributed by atoms with van der Waals surface area (Å²) in [6.45, 7) is 8.25. The first-order chi connectivity index (χ1) is 7.67. The summed E-state index contributed by atoms with van der Waals surface area (Å²) < 4.78 is 0. The van der Waals surface area contributed by atoms with Crippen LogP contribution in [0.1, 0.15) is 19.8 Å². The molecule has 1 atom stereocenters. The summed E-state index contributed by atoms with van der Waals surface area (Å²) in [7, 11) is 0. The Labute approximate surface area is 97.9 Å². The molecule has 0 spiro atoms. The van der Waals surface area contributed by atoms with Crippen molar-refractivity contribution in [1.29, 1.82) is 0 Å². The van der Waals surface area contributed by atoms with Crippen molar-refractivity contribution < 1.29 is 5.11 Å². The number of likely N-dealkylation sites (tertiary alicyclic amines) is 1. The van der Waals surface area contributed by atoms with Gasteiger partial charge >= 0.3 is 0 Å². The lowest BCUT2D eigenvalue weighted by Crippen LogP contribution is -2.26. The Hall–Kier alpha value is -1.06. The first-order valence-corrected chi connectivity index (χ1v) is 5.85. The zero-order valence-corrected chi connectivity index (χ0v) is 10.0. The Kier molecular flexibility index (Phi) is 5.29. The quantitative estimate of drug-likeness (QED) is 0.692. The van der Waals surface area contributed by atoms with Crippen molar-refractivity contribution in [2.24, 2.45) is 5.73 Å². The molecule has 90 valence electrons. The molecule has 0 aliphatic carbocycles. The molecule has 0 aromatic carbocycles. The van der Waals surface area contributed by atoms with Crippen molar-refractivity contribution in [2.45, 2.75) is 25.9 Å². The molecular weight excluding hydrogens is 200 g/mol. The number of β-amino-alcohol motifs (C(OH)–C–C–N with tert-alkyl or cyclic N) is 1. The number of aliphatic hydroxyl groups is 1. The van der Waals surface area contributed by atoms with E-state index in [-0.39, 0.29) is 6.10 Å². The molecule has 3 heteroatoms. The number of hydrogen-bond donors (Lipinski definition) is 2. The second kappa shape index (κ2) is 6.51. The fourth-order valence-corrected chi connectivity index (χ4v) is 1.93. The van der Waals surface area contributed by atoms with Gasteiger partial charge in [-0.1, -0.05) is 31.7 Å². The summed E-state index contributed by atoms with van der Waals surface area (Å²) in [4.78, 5) is 2.22. The van der Waals surface area contributed by atoms with E-state index < -0.39 is 0 Å². The first kappa shape index (κ1) is 13.0. The molecule has 0 amide bonds.